The first-order valence-corrected chi connectivity index (χ1v) is 15.5. The number of likely N-dealkylation sites (tertiary alicyclic amines) is 1. The van der Waals surface area contributed by atoms with Gasteiger partial charge in [-0.2, -0.15) is 0 Å². The van der Waals surface area contributed by atoms with Gasteiger partial charge in [0, 0.05) is 43.8 Å². The fraction of sp³-hybridized carbons (Fsp3) is 0.571. The Balaban J connectivity index is 0. The molecule has 1 unspecified atom stereocenters. The van der Waals surface area contributed by atoms with Crippen LogP contribution in [0, 0.1) is 18.3 Å². The third-order valence-electron chi connectivity index (χ3n) is 7.12. The van der Waals surface area contributed by atoms with Crippen LogP contribution in [0.4, 0.5) is 5.69 Å². The van der Waals surface area contributed by atoms with Crippen molar-refractivity contribution < 1.29 is 9.90 Å². The molecule has 6 heteroatoms. The predicted molar refractivity (Wildman–Crippen MR) is 181 cm³/mol. The van der Waals surface area contributed by atoms with Gasteiger partial charge in [-0.05, 0) is 82.1 Å². The van der Waals surface area contributed by atoms with E-state index in [-0.39, 0.29) is 17.6 Å². The SMILES string of the molecule is C=C(C)N1CCC2(CC1)CC2.C=C(O)C(C)/C(=C\C=C/C)NCc1cc(C)cc(C(=O)NC)c1N.CC.CC.CC. The molecule has 1 heterocycles. The number of nitrogen functional groups attached to an aromatic ring is 1. The second-order valence-electron chi connectivity index (χ2n) is 9.90. The molecular weight excluding hydrogens is 508 g/mol. The van der Waals surface area contributed by atoms with Gasteiger partial charge in [0.05, 0.1) is 17.2 Å². The number of hydrogen-bond donors (Lipinski definition) is 4. The minimum Gasteiger partial charge on any atom is -0.512 e. The van der Waals surface area contributed by atoms with Gasteiger partial charge in [-0.1, -0.05) is 72.9 Å². The second-order valence-corrected chi connectivity index (χ2v) is 9.90. The number of aliphatic hydroxyl groups excluding tert-OH is 1. The Morgan fingerprint density at radius 3 is 2.05 bits per heavy atom. The second kappa shape index (κ2) is 21.6. The predicted octanol–water partition coefficient (Wildman–Crippen LogP) is 8.67. The van der Waals surface area contributed by atoms with Crippen LogP contribution < -0.4 is 16.4 Å². The van der Waals surface area contributed by atoms with Crippen molar-refractivity contribution in [1.82, 2.24) is 15.5 Å². The summed E-state index contributed by atoms with van der Waals surface area (Å²) < 4.78 is 0. The molecule has 1 amide bonds. The lowest BCUT2D eigenvalue weighted by Crippen LogP contribution is -2.32. The minimum atomic E-state index is -0.231. The van der Waals surface area contributed by atoms with Crippen molar-refractivity contribution in [2.45, 2.75) is 101 Å². The maximum Gasteiger partial charge on any atom is 0.253 e. The minimum absolute atomic E-state index is 0.0847. The summed E-state index contributed by atoms with van der Waals surface area (Å²) in [6, 6.07) is 3.72. The lowest BCUT2D eigenvalue weighted by molar-refractivity contribution is 0.0963. The number of anilines is 1. The van der Waals surface area contributed by atoms with Crippen LogP contribution in [0.15, 0.2) is 60.7 Å². The third-order valence-corrected chi connectivity index (χ3v) is 7.12. The van der Waals surface area contributed by atoms with Crippen molar-refractivity contribution in [3.63, 3.8) is 0 Å². The quantitative estimate of drug-likeness (QED) is 0.143. The third kappa shape index (κ3) is 13.8. The zero-order chi connectivity index (χ0) is 32.2. The van der Waals surface area contributed by atoms with Gasteiger partial charge in [-0.3, -0.25) is 4.79 Å². The number of aryl methyl sites for hydroxylation is 1. The van der Waals surface area contributed by atoms with E-state index in [0.717, 1.165) is 22.2 Å². The Hall–Kier alpha value is -3.15. The summed E-state index contributed by atoms with van der Waals surface area (Å²) in [6.45, 7) is 30.3. The molecule has 6 nitrogen and oxygen atoms in total. The Morgan fingerprint density at radius 1 is 1.10 bits per heavy atom. The molecule has 1 aromatic rings. The molecular formula is C35H62N4O2. The average Bonchev–Trinajstić information content (AvgIpc) is 3.75. The number of hydrogen-bond acceptors (Lipinski definition) is 5. The van der Waals surface area contributed by atoms with Crippen molar-refractivity contribution in [3.8, 4) is 0 Å². The summed E-state index contributed by atoms with van der Waals surface area (Å²) >= 11 is 0. The van der Waals surface area contributed by atoms with Crippen molar-refractivity contribution >= 4 is 11.6 Å². The van der Waals surface area contributed by atoms with Crippen molar-refractivity contribution in [2.24, 2.45) is 11.3 Å². The number of nitrogens with one attached hydrogen (secondary N) is 2. The van der Waals surface area contributed by atoms with Crippen LogP contribution in [0.25, 0.3) is 0 Å². The van der Waals surface area contributed by atoms with Crippen LogP contribution in [0.2, 0.25) is 0 Å². The van der Waals surface area contributed by atoms with Crippen LogP contribution >= 0.6 is 0 Å². The monoisotopic (exact) mass is 570 g/mol. The van der Waals surface area contributed by atoms with Crippen LogP contribution in [0.5, 0.6) is 0 Å². The van der Waals surface area contributed by atoms with Gasteiger partial charge in [-0.25, -0.2) is 0 Å². The highest BCUT2D eigenvalue weighted by Crippen LogP contribution is 2.53. The normalized spacial score (nSPS) is 15.3. The maximum absolute atomic E-state index is 11.9. The molecule has 0 bridgehead atoms. The molecule has 1 aliphatic heterocycles. The Labute approximate surface area is 252 Å². The molecule has 1 saturated carbocycles. The van der Waals surface area contributed by atoms with Crippen LogP contribution in [0.1, 0.15) is 109 Å². The molecule has 1 spiro atoms. The summed E-state index contributed by atoms with van der Waals surface area (Å²) in [6.07, 6.45) is 11.5. The first-order chi connectivity index (χ1) is 19.5. The van der Waals surface area contributed by atoms with Gasteiger partial charge in [0.1, 0.15) is 0 Å². The number of nitrogens with two attached hydrogens (primary N) is 1. The maximum atomic E-state index is 11.9. The van der Waals surface area contributed by atoms with Crippen LogP contribution in [-0.4, -0.2) is 36.1 Å². The van der Waals surface area contributed by atoms with E-state index in [1.54, 1.807) is 13.1 Å². The summed E-state index contributed by atoms with van der Waals surface area (Å²) in [5.74, 6) is -0.355. The lowest BCUT2D eigenvalue weighted by Gasteiger charge is -2.33. The Morgan fingerprint density at radius 2 is 1.63 bits per heavy atom. The van der Waals surface area contributed by atoms with E-state index in [1.807, 2.05) is 86.6 Å². The smallest absolute Gasteiger partial charge is 0.253 e. The van der Waals surface area contributed by atoms with Gasteiger partial charge >= 0.3 is 0 Å². The van der Waals surface area contributed by atoms with E-state index in [0.29, 0.717) is 17.8 Å². The zero-order valence-electron chi connectivity index (χ0n) is 28.2. The number of allylic oxidation sites excluding steroid dienone is 4. The van der Waals surface area contributed by atoms with E-state index >= 15 is 0 Å². The number of aliphatic hydroxyl groups is 1. The van der Waals surface area contributed by atoms with Crippen molar-refractivity contribution in [1.29, 1.82) is 0 Å². The molecule has 0 radical (unpaired) electrons. The van der Waals surface area contributed by atoms with Crippen LogP contribution in [-0.2, 0) is 6.54 Å². The van der Waals surface area contributed by atoms with Gasteiger partial charge in [0.2, 0.25) is 0 Å². The van der Waals surface area contributed by atoms with Gasteiger partial charge in [-0.15, -0.1) is 0 Å². The topological polar surface area (TPSA) is 90.6 Å². The molecule has 0 aromatic heterocycles. The first kappa shape index (κ1) is 40.0. The number of carbonyl (C=O) groups excluding carboxylic acids is 1. The highest BCUT2D eigenvalue weighted by atomic mass is 16.3. The summed E-state index contributed by atoms with van der Waals surface area (Å²) in [5.41, 5.74) is 11.7. The molecule has 1 atom stereocenters. The zero-order valence-corrected chi connectivity index (χ0v) is 28.2. The molecule has 2 aliphatic rings. The largest absolute Gasteiger partial charge is 0.512 e. The van der Waals surface area contributed by atoms with Gasteiger partial charge in [0.15, 0.2) is 0 Å². The van der Waals surface area contributed by atoms with Gasteiger partial charge < -0.3 is 26.4 Å². The molecule has 234 valence electrons. The molecule has 1 aromatic carbocycles. The molecule has 3 rings (SSSR count). The van der Waals surface area contributed by atoms with Crippen LogP contribution in [0.3, 0.4) is 0 Å². The number of benzene rings is 1. The standard InChI is InChI=1S/C19H27N3O2.C10H17N.3C2H6/c1-6-7-8-17(13(3)14(4)23)22-11-15-9-12(2)10-16(18(15)20)19(24)21-5;1-9(2)11-7-5-10(3-4-10)6-8-11;3*1-2/h6-10,13,22-23H,4,11,20H2,1-3,5H3,(H,21,24);1,3-8H2,2H3;3*1-2H3/b7-6-,17-8+;;;;. The summed E-state index contributed by atoms with van der Waals surface area (Å²) in [7, 11) is 1.58. The molecule has 1 saturated heterocycles. The average molecular weight is 571 g/mol. The number of amides is 1. The Bertz CT molecular complexity index is 980. The van der Waals surface area contributed by atoms with Crippen molar-refractivity contribution in [2.75, 3.05) is 25.9 Å². The summed E-state index contributed by atoms with van der Waals surface area (Å²) in [4.78, 5) is 14.4. The molecule has 2 fully saturated rings. The number of piperidine rings is 1. The highest BCUT2D eigenvalue weighted by Gasteiger charge is 2.44. The molecule has 1 aliphatic carbocycles. The van der Waals surface area contributed by atoms with Crippen molar-refractivity contribution in [3.05, 3.63) is 77.4 Å². The Kier molecular flexibility index (Phi) is 21.0. The number of carbonyl (C=O) groups is 1. The summed E-state index contributed by atoms with van der Waals surface area (Å²) in [5, 5.41) is 15.5. The first-order valence-electron chi connectivity index (χ1n) is 15.5. The van der Waals surface area contributed by atoms with E-state index in [4.69, 9.17) is 5.73 Å². The van der Waals surface area contributed by atoms with E-state index in [9.17, 15) is 9.90 Å². The number of rotatable bonds is 8. The number of nitrogens with zero attached hydrogens (tertiary/aromatic N) is 1. The van der Waals surface area contributed by atoms with Gasteiger partial charge in [0.25, 0.3) is 5.91 Å². The molecule has 5 N–H and O–H groups in total. The van der Waals surface area contributed by atoms with E-state index in [2.05, 4.69) is 35.6 Å². The fourth-order valence-electron chi connectivity index (χ4n) is 4.31. The van der Waals surface area contributed by atoms with E-state index in [1.165, 1.54) is 44.5 Å². The lowest BCUT2D eigenvalue weighted by atomic mass is 9.93. The van der Waals surface area contributed by atoms with E-state index < -0.39 is 0 Å². The molecule has 41 heavy (non-hydrogen) atoms. The highest BCUT2D eigenvalue weighted by molar-refractivity contribution is 5.99. The fourth-order valence-corrected chi connectivity index (χ4v) is 4.31.